The highest BCUT2D eigenvalue weighted by Crippen LogP contribution is 2.30. The summed E-state index contributed by atoms with van der Waals surface area (Å²) in [4.78, 5) is 20.4. The molecule has 3 rings (SSSR count). The number of Topliss-reactive ketones (excluding diaryl/α,β-unsaturated/α-hetero) is 1. The van der Waals surface area contributed by atoms with E-state index in [1.54, 1.807) is 25.1 Å². The minimum Gasteiger partial charge on any atom is -0.491 e. The topological polar surface area (TPSA) is 77.6 Å². The number of aromatic nitrogens is 1. The minimum atomic E-state index is -0.433. The summed E-state index contributed by atoms with van der Waals surface area (Å²) in [5, 5.41) is 0. The van der Waals surface area contributed by atoms with Gasteiger partial charge < -0.3 is 10.5 Å². The summed E-state index contributed by atoms with van der Waals surface area (Å²) in [5.74, 6) is -0.0871. The summed E-state index contributed by atoms with van der Waals surface area (Å²) in [5.41, 5.74) is 7.77. The van der Waals surface area contributed by atoms with E-state index < -0.39 is 5.82 Å². The lowest BCUT2D eigenvalue weighted by atomic mass is 10.0. The van der Waals surface area contributed by atoms with Crippen LogP contribution in [0.15, 0.2) is 35.5 Å². The summed E-state index contributed by atoms with van der Waals surface area (Å²) < 4.78 is 18.9. The van der Waals surface area contributed by atoms with Gasteiger partial charge in [0, 0.05) is 11.1 Å². The van der Waals surface area contributed by atoms with Gasteiger partial charge in [0.25, 0.3) is 0 Å². The Kier molecular flexibility index (Phi) is 3.58. The van der Waals surface area contributed by atoms with Crippen LogP contribution in [-0.4, -0.2) is 23.2 Å². The first-order chi connectivity index (χ1) is 10.6. The lowest BCUT2D eigenvalue weighted by molar-refractivity contribution is 0.0999. The van der Waals surface area contributed by atoms with Crippen molar-refractivity contribution in [2.24, 2.45) is 10.7 Å². The van der Waals surface area contributed by atoms with Gasteiger partial charge in [-0.05, 0) is 31.2 Å². The third-order valence-corrected chi connectivity index (χ3v) is 3.32. The lowest BCUT2D eigenvalue weighted by Gasteiger charge is -2.13. The van der Waals surface area contributed by atoms with Crippen LogP contribution in [0.3, 0.4) is 0 Å². The van der Waals surface area contributed by atoms with Gasteiger partial charge in [0.15, 0.2) is 17.3 Å². The fourth-order valence-corrected chi connectivity index (χ4v) is 2.30. The first kappa shape index (κ1) is 14.2. The van der Waals surface area contributed by atoms with Crippen molar-refractivity contribution in [3.63, 3.8) is 0 Å². The molecular weight excluding hydrogens is 285 g/mol. The van der Waals surface area contributed by atoms with Crippen LogP contribution < -0.4 is 10.5 Å². The molecule has 1 aliphatic rings. The number of benzene rings is 1. The highest BCUT2D eigenvalue weighted by Gasteiger charge is 2.20. The van der Waals surface area contributed by atoms with Gasteiger partial charge in [-0.1, -0.05) is 0 Å². The molecule has 2 aromatic rings. The highest BCUT2D eigenvalue weighted by molar-refractivity contribution is 6.14. The van der Waals surface area contributed by atoms with Crippen molar-refractivity contribution < 1.29 is 13.9 Å². The Morgan fingerprint density at radius 3 is 2.95 bits per heavy atom. The van der Waals surface area contributed by atoms with Gasteiger partial charge in [-0.3, -0.25) is 9.78 Å². The van der Waals surface area contributed by atoms with Gasteiger partial charge in [-0.25, -0.2) is 9.38 Å². The fraction of sp³-hybridized carbons (Fsp3) is 0.188. The number of hydrogen-bond acceptors (Lipinski definition) is 5. The molecule has 2 heterocycles. The summed E-state index contributed by atoms with van der Waals surface area (Å²) in [6.07, 6.45) is 1.60. The highest BCUT2D eigenvalue weighted by atomic mass is 19.1. The molecule has 0 atom stereocenters. The molecule has 0 bridgehead atoms. The van der Waals surface area contributed by atoms with Gasteiger partial charge in [0.1, 0.15) is 5.84 Å². The SMILES string of the molecule is CCOc1cc(-c2cc3c(cn2)N=C(N)CC3=O)ccc1F. The van der Waals surface area contributed by atoms with Gasteiger partial charge in [0.05, 0.1) is 30.6 Å². The van der Waals surface area contributed by atoms with Crippen molar-refractivity contribution in [3.05, 3.63) is 41.8 Å². The second-order valence-corrected chi connectivity index (χ2v) is 4.87. The number of ether oxygens (including phenoxy) is 1. The molecule has 5 nitrogen and oxygen atoms in total. The molecule has 1 aromatic carbocycles. The molecule has 0 spiro atoms. The molecule has 2 N–H and O–H groups in total. The van der Waals surface area contributed by atoms with E-state index in [-0.39, 0.29) is 23.8 Å². The van der Waals surface area contributed by atoms with Crippen LogP contribution in [-0.2, 0) is 0 Å². The van der Waals surface area contributed by atoms with Crippen LogP contribution >= 0.6 is 0 Å². The van der Waals surface area contributed by atoms with Crippen LogP contribution in [0.5, 0.6) is 5.75 Å². The molecule has 22 heavy (non-hydrogen) atoms. The zero-order valence-corrected chi connectivity index (χ0v) is 12.0. The number of fused-ring (bicyclic) bond motifs is 1. The number of pyridine rings is 1. The number of carbonyl (C=O) groups is 1. The molecule has 0 saturated carbocycles. The largest absolute Gasteiger partial charge is 0.491 e. The van der Waals surface area contributed by atoms with Crippen LogP contribution in [0.2, 0.25) is 0 Å². The van der Waals surface area contributed by atoms with Crippen LogP contribution in [0.4, 0.5) is 10.1 Å². The maximum atomic E-state index is 13.6. The van der Waals surface area contributed by atoms with Crippen LogP contribution in [0, 0.1) is 5.82 Å². The van der Waals surface area contributed by atoms with Crippen LogP contribution in [0.25, 0.3) is 11.3 Å². The summed E-state index contributed by atoms with van der Waals surface area (Å²) in [7, 11) is 0. The Morgan fingerprint density at radius 1 is 1.36 bits per heavy atom. The molecule has 0 fully saturated rings. The Morgan fingerprint density at radius 2 is 2.18 bits per heavy atom. The van der Waals surface area contributed by atoms with Crippen molar-refractivity contribution in [3.8, 4) is 17.0 Å². The van der Waals surface area contributed by atoms with E-state index in [0.717, 1.165) is 0 Å². The van der Waals surface area contributed by atoms with Crippen molar-refractivity contribution in [2.45, 2.75) is 13.3 Å². The molecular formula is C16H14FN3O2. The van der Waals surface area contributed by atoms with Crippen molar-refractivity contribution in [2.75, 3.05) is 6.61 Å². The Hall–Kier alpha value is -2.76. The summed E-state index contributed by atoms with van der Waals surface area (Å²) in [6, 6.07) is 6.13. The van der Waals surface area contributed by atoms with Gasteiger partial charge in [-0.15, -0.1) is 0 Å². The number of rotatable bonds is 3. The number of aliphatic imine (C=N–C) groups is 1. The average molecular weight is 299 g/mol. The zero-order valence-electron chi connectivity index (χ0n) is 12.0. The molecule has 112 valence electrons. The number of nitrogens with zero attached hydrogens (tertiary/aromatic N) is 2. The van der Waals surface area contributed by atoms with E-state index in [1.165, 1.54) is 12.3 Å². The second kappa shape index (κ2) is 5.55. The van der Waals surface area contributed by atoms with E-state index in [1.807, 2.05) is 0 Å². The molecule has 0 unspecified atom stereocenters. The Balaban J connectivity index is 2.05. The number of amidine groups is 1. The standard InChI is InChI=1S/C16H14FN3O2/c1-2-22-15-5-9(3-4-11(15)17)12-6-10-13(8-19-12)20-16(18)7-14(10)21/h3-6,8H,2,7H2,1H3,(H2,18,20). The maximum Gasteiger partial charge on any atom is 0.172 e. The molecule has 0 radical (unpaired) electrons. The third kappa shape index (κ3) is 2.55. The molecule has 0 aliphatic carbocycles. The minimum absolute atomic E-state index is 0.0988. The quantitative estimate of drug-likeness (QED) is 0.945. The summed E-state index contributed by atoms with van der Waals surface area (Å²) >= 11 is 0. The van der Waals surface area contributed by atoms with E-state index >= 15 is 0 Å². The van der Waals surface area contributed by atoms with Crippen molar-refractivity contribution in [1.82, 2.24) is 4.98 Å². The first-order valence-corrected chi connectivity index (χ1v) is 6.87. The van der Waals surface area contributed by atoms with E-state index in [4.69, 9.17) is 10.5 Å². The molecule has 0 amide bonds. The van der Waals surface area contributed by atoms with Crippen molar-refractivity contribution >= 4 is 17.3 Å². The monoisotopic (exact) mass is 299 g/mol. The molecule has 6 heteroatoms. The number of halogens is 1. The number of nitrogens with two attached hydrogens (primary N) is 1. The maximum absolute atomic E-state index is 13.6. The molecule has 0 saturated heterocycles. The smallest absolute Gasteiger partial charge is 0.172 e. The predicted octanol–water partition coefficient (Wildman–Crippen LogP) is 2.86. The Bertz CT molecular complexity index is 787. The van der Waals surface area contributed by atoms with E-state index in [9.17, 15) is 9.18 Å². The fourth-order valence-electron chi connectivity index (χ4n) is 2.30. The molecule has 1 aromatic heterocycles. The number of hydrogen-bond donors (Lipinski definition) is 1. The van der Waals surface area contributed by atoms with E-state index in [2.05, 4.69) is 9.98 Å². The van der Waals surface area contributed by atoms with Crippen molar-refractivity contribution in [1.29, 1.82) is 0 Å². The normalized spacial score (nSPS) is 13.5. The van der Waals surface area contributed by atoms with Gasteiger partial charge >= 0.3 is 0 Å². The van der Waals surface area contributed by atoms with Gasteiger partial charge in [-0.2, -0.15) is 0 Å². The Labute approximate surface area is 126 Å². The predicted molar refractivity (Wildman–Crippen MR) is 81.0 cm³/mol. The first-order valence-electron chi connectivity index (χ1n) is 6.87. The average Bonchev–Trinajstić information content (AvgIpc) is 2.49. The van der Waals surface area contributed by atoms with Gasteiger partial charge in [0.2, 0.25) is 0 Å². The third-order valence-electron chi connectivity index (χ3n) is 3.32. The van der Waals surface area contributed by atoms with Crippen LogP contribution in [0.1, 0.15) is 23.7 Å². The lowest BCUT2D eigenvalue weighted by Crippen LogP contribution is -2.20. The van der Waals surface area contributed by atoms with E-state index in [0.29, 0.717) is 29.1 Å². The summed E-state index contributed by atoms with van der Waals surface area (Å²) in [6.45, 7) is 2.15. The molecule has 1 aliphatic heterocycles. The second-order valence-electron chi connectivity index (χ2n) is 4.87. The zero-order chi connectivity index (χ0) is 15.7. The number of ketones is 1. The number of carbonyl (C=O) groups excluding carboxylic acids is 1.